The molecule has 0 radical (unpaired) electrons. The van der Waals surface area contributed by atoms with Gasteiger partial charge < -0.3 is 10.1 Å². The van der Waals surface area contributed by atoms with Crippen molar-refractivity contribution < 1.29 is 9.53 Å². The molecule has 0 aliphatic carbocycles. The summed E-state index contributed by atoms with van der Waals surface area (Å²) in [6.45, 7) is 3.93. The third-order valence-corrected chi connectivity index (χ3v) is 3.88. The molecule has 0 aromatic heterocycles. The van der Waals surface area contributed by atoms with Gasteiger partial charge in [-0.1, -0.05) is 46.3 Å². The first-order valence-corrected chi connectivity index (χ1v) is 8.14. The highest BCUT2D eigenvalue weighted by molar-refractivity contribution is 9.10. The molecular formula is C18H20BrNO2. The molecule has 0 saturated heterocycles. The maximum atomic E-state index is 12.2. The van der Waals surface area contributed by atoms with E-state index in [2.05, 4.69) is 21.2 Å². The largest absolute Gasteiger partial charge is 0.489 e. The zero-order chi connectivity index (χ0) is 15.9. The summed E-state index contributed by atoms with van der Waals surface area (Å²) in [5, 5.41) is 2.93. The smallest absolute Gasteiger partial charge is 0.224 e. The molecular weight excluding hydrogens is 342 g/mol. The second-order valence-electron chi connectivity index (χ2n) is 5.30. The lowest BCUT2D eigenvalue weighted by atomic mass is 10.1. The molecule has 1 amide bonds. The normalized spacial score (nSPS) is 10.5. The summed E-state index contributed by atoms with van der Waals surface area (Å²) in [5.41, 5.74) is 1.85. The Morgan fingerprint density at radius 3 is 2.55 bits per heavy atom. The summed E-state index contributed by atoms with van der Waals surface area (Å²) >= 11 is 3.50. The van der Waals surface area contributed by atoms with Gasteiger partial charge in [-0.05, 0) is 44.0 Å². The molecule has 0 atom stereocenters. The van der Waals surface area contributed by atoms with E-state index in [1.165, 1.54) is 0 Å². The first-order valence-electron chi connectivity index (χ1n) is 7.35. The van der Waals surface area contributed by atoms with Crippen molar-refractivity contribution in [2.24, 2.45) is 0 Å². The van der Waals surface area contributed by atoms with Gasteiger partial charge in [0.05, 0.1) is 11.8 Å². The Morgan fingerprint density at radius 1 is 1.14 bits per heavy atom. The van der Waals surface area contributed by atoms with Gasteiger partial charge in [-0.25, -0.2) is 0 Å². The molecule has 4 heteroatoms. The van der Waals surface area contributed by atoms with Gasteiger partial charge in [0, 0.05) is 10.9 Å². The van der Waals surface area contributed by atoms with Crippen LogP contribution in [0, 0.1) is 0 Å². The van der Waals surface area contributed by atoms with Crippen molar-refractivity contribution in [1.29, 1.82) is 0 Å². The van der Waals surface area contributed by atoms with Gasteiger partial charge in [-0.3, -0.25) is 4.79 Å². The number of ether oxygens (including phenoxy) is 1. The minimum atomic E-state index is -0.0180. The molecule has 2 rings (SSSR count). The summed E-state index contributed by atoms with van der Waals surface area (Å²) in [6.07, 6.45) is 1.19. The molecule has 0 heterocycles. The minimum Gasteiger partial charge on any atom is -0.489 e. The predicted octanol–water partition coefficient (Wildman–Crippen LogP) is 4.81. The Kier molecular flexibility index (Phi) is 6.01. The summed E-state index contributed by atoms with van der Waals surface area (Å²) in [6, 6.07) is 15.5. The number of nitrogens with one attached hydrogen (secondary N) is 1. The lowest BCUT2D eigenvalue weighted by Gasteiger charge is -2.14. The van der Waals surface area contributed by atoms with Crippen molar-refractivity contribution in [2.45, 2.75) is 32.8 Å². The van der Waals surface area contributed by atoms with Crippen molar-refractivity contribution in [3.8, 4) is 5.75 Å². The quantitative estimate of drug-likeness (QED) is 0.801. The summed E-state index contributed by atoms with van der Waals surface area (Å²) in [5.74, 6) is 0.683. The van der Waals surface area contributed by atoms with Crippen LogP contribution in [0.1, 0.15) is 25.8 Å². The first kappa shape index (κ1) is 16.6. The van der Waals surface area contributed by atoms with Gasteiger partial charge in [0.15, 0.2) is 0 Å². The standard InChI is InChI=1S/C18H20BrNO2/c1-13(2)22-17-10-6-5-9-16(17)20-18(21)12-11-14-7-3-4-8-15(14)19/h3-10,13H,11-12H2,1-2H3,(H,20,21). The van der Waals surface area contributed by atoms with Crippen molar-refractivity contribution in [1.82, 2.24) is 0 Å². The molecule has 3 nitrogen and oxygen atoms in total. The van der Waals surface area contributed by atoms with E-state index < -0.39 is 0 Å². The molecule has 2 aromatic rings. The summed E-state index contributed by atoms with van der Waals surface area (Å²) < 4.78 is 6.74. The second-order valence-corrected chi connectivity index (χ2v) is 6.16. The number of hydrogen-bond acceptors (Lipinski definition) is 2. The molecule has 1 N–H and O–H groups in total. The molecule has 0 aliphatic heterocycles. The Bertz CT molecular complexity index is 640. The maximum absolute atomic E-state index is 12.2. The fraction of sp³-hybridized carbons (Fsp3) is 0.278. The van der Waals surface area contributed by atoms with Gasteiger partial charge >= 0.3 is 0 Å². The molecule has 0 aliphatic rings. The molecule has 116 valence electrons. The Balaban J connectivity index is 1.96. The summed E-state index contributed by atoms with van der Waals surface area (Å²) in [4.78, 5) is 12.2. The van der Waals surface area contributed by atoms with Gasteiger partial charge in [-0.2, -0.15) is 0 Å². The lowest BCUT2D eigenvalue weighted by molar-refractivity contribution is -0.116. The first-order chi connectivity index (χ1) is 10.6. The maximum Gasteiger partial charge on any atom is 0.224 e. The van der Waals surface area contributed by atoms with Crippen LogP contribution < -0.4 is 10.1 Å². The number of rotatable bonds is 6. The number of anilines is 1. The van der Waals surface area contributed by atoms with Gasteiger partial charge in [0.25, 0.3) is 0 Å². The Morgan fingerprint density at radius 2 is 1.82 bits per heavy atom. The molecule has 0 saturated carbocycles. The number of benzene rings is 2. The second kappa shape index (κ2) is 7.99. The summed E-state index contributed by atoms with van der Waals surface area (Å²) in [7, 11) is 0. The third-order valence-electron chi connectivity index (χ3n) is 3.10. The van der Waals surface area contributed by atoms with Gasteiger partial charge in [0.2, 0.25) is 5.91 Å². The van der Waals surface area contributed by atoms with Crippen molar-refractivity contribution >= 4 is 27.5 Å². The van der Waals surface area contributed by atoms with Crippen LogP contribution in [0.3, 0.4) is 0 Å². The van der Waals surface area contributed by atoms with E-state index in [9.17, 15) is 4.79 Å². The van der Waals surface area contributed by atoms with E-state index >= 15 is 0 Å². The predicted molar refractivity (Wildman–Crippen MR) is 93.3 cm³/mol. The van der Waals surface area contributed by atoms with E-state index in [-0.39, 0.29) is 12.0 Å². The van der Waals surface area contributed by atoms with Crippen LogP contribution in [0.5, 0.6) is 5.75 Å². The third kappa shape index (κ3) is 4.88. The fourth-order valence-corrected chi connectivity index (χ4v) is 2.57. The van der Waals surface area contributed by atoms with Gasteiger partial charge in [-0.15, -0.1) is 0 Å². The number of carbonyl (C=O) groups is 1. The Labute approximate surface area is 139 Å². The SMILES string of the molecule is CC(C)Oc1ccccc1NC(=O)CCc1ccccc1Br. The monoisotopic (exact) mass is 361 g/mol. The lowest BCUT2D eigenvalue weighted by Crippen LogP contribution is -2.14. The number of carbonyl (C=O) groups excluding carboxylic acids is 1. The number of para-hydroxylation sites is 2. The van der Waals surface area contributed by atoms with Crippen LogP contribution in [-0.2, 0) is 11.2 Å². The molecule has 0 unspecified atom stereocenters. The highest BCUT2D eigenvalue weighted by atomic mass is 79.9. The topological polar surface area (TPSA) is 38.3 Å². The molecule has 0 fully saturated rings. The van der Waals surface area contributed by atoms with Crippen LogP contribution in [0.2, 0.25) is 0 Å². The van der Waals surface area contributed by atoms with Crippen molar-refractivity contribution in [3.63, 3.8) is 0 Å². The molecule has 0 spiro atoms. The van der Waals surface area contributed by atoms with E-state index in [1.54, 1.807) is 0 Å². The van der Waals surface area contributed by atoms with Gasteiger partial charge in [0.1, 0.15) is 5.75 Å². The number of hydrogen-bond donors (Lipinski definition) is 1. The van der Waals surface area contributed by atoms with Crippen LogP contribution in [0.4, 0.5) is 5.69 Å². The number of amides is 1. The van der Waals surface area contributed by atoms with E-state index in [1.807, 2.05) is 62.4 Å². The zero-order valence-corrected chi connectivity index (χ0v) is 14.4. The van der Waals surface area contributed by atoms with Crippen LogP contribution in [-0.4, -0.2) is 12.0 Å². The fourth-order valence-electron chi connectivity index (χ4n) is 2.09. The number of aryl methyl sites for hydroxylation is 1. The molecule has 22 heavy (non-hydrogen) atoms. The zero-order valence-electron chi connectivity index (χ0n) is 12.8. The van der Waals surface area contributed by atoms with Crippen molar-refractivity contribution in [2.75, 3.05) is 5.32 Å². The molecule has 0 bridgehead atoms. The highest BCUT2D eigenvalue weighted by Gasteiger charge is 2.09. The molecule has 2 aromatic carbocycles. The minimum absolute atomic E-state index is 0.0180. The van der Waals surface area contributed by atoms with Crippen molar-refractivity contribution in [3.05, 3.63) is 58.6 Å². The highest BCUT2D eigenvalue weighted by Crippen LogP contribution is 2.25. The van der Waals surface area contributed by atoms with E-state index in [0.717, 1.165) is 10.0 Å². The van der Waals surface area contributed by atoms with Crippen LogP contribution in [0.25, 0.3) is 0 Å². The van der Waals surface area contributed by atoms with Crippen LogP contribution >= 0.6 is 15.9 Å². The Hall–Kier alpha value is -1.81. The van der Waals surface area contributed by atoms with Crippen LogP contribution in [0.15, 0.2) is 53.0 Å². The number of halogens is 1. The van der Waals surface area contributed by atoms with E-state index in [0.29, 0.717) is 24.3 Å². The van der Waals surface area contributed by atoms with E-state index in [4.69, 9.17) is 4.74 Å². The average molecular weight is 362 g/mol. The average Bonchev–Trinajstić information content (AvgIpc) is 2.48.